The van der Waals surface area contributed by atoms with Crippen molar-refractivity contribution in [2.24, 2.45) is 0 Å². The van der Waals surface area contributed by atoms with E-state index in [9.17, 15) is 0 Å². The van der Waals surface area contributed by atoms with E-state index in [1.54, 1.807) is 6.26 Å². The van der Waals surface area contributed by atoms with Gasteiger partial charge in [-0.1, -0.05) is 0 Å². The van der Waals surface area contributed by atoms with Crippen LogP contribution in [0.4, 0.5) is 5.69 Å². The van der Waals surface area contributed by atoms with Crippen LogP contribution < -0.4 is 5.32 Å². The van der Waals surface area contributed by atoms with Gasteiger partial charge in [0.1, 0.15) is 5.76 Å². The van der Waals surface area contributed by atoms with E-state index in [4.69, 9.17) is 4.42 Å². The summed E-state index contributed by atoms with van der Waals surface area (Å²) in [6.07, 6.45) is 7.01. The lowest BCUT2D eigenvalue weighted by atomic mass is 9.93. The highest BCUT2D eigenvalue weighted by Gasteiger charge is 2.22. The van der Waals surface area contributed by atoms with Gasteiger partial charge in [-0.15, -0.1) is 0 Å². The van der Waals surface area contributed by atoms with Crippen LogP contribution in [0.25, 0.3) is 0 Å². The fraction of sp³-hybridized carbons (Fsp3) is 0.357. The molecular weight excluding hydrogens is 212 g/mol. The largest absolute Gasteiger partial charge is 0.469 e. The SMILES string of the molecule is Cc1ncccc1NC1CCCc2occc21. The maximum atomic E-state index is 5.50. The molecule has 0 spiro atoms. The predicted molar refractivity (Wildman–Crippen MR) is 67.0 cm³/mol. The van der Waals surface area contributed by atoms with Crippen molar-refractivity contribution in [3.8, 4) is 0 Å². The minimum absolute atomic E-state index is 0.361. The second-order valence-electron chi connectivity index (χ2n) is 4.52. The summed E-state index contributed by atoms with van der Waals surface area (Å²) in [7, 11) is 0. The average Bonchev–Trinajstić information content (AvgIpc) is 2.81. The van der Waals surface area contributed by atoms with E-state index >= 15 is 0 Å². The third-order valence-corrected chi connectivity index (χ3v) is 3.39. The maximum absolute atomic E-state index is 5.50. The first kappa shape index (κ1) is 10.4. The number of aryl methyl sites for hydroxylation is 2. The highest BCUT2D eigenvalue weighted by molar-refractivity contribution is 5.49. The Morgan fingerprint density at radius 2 is 2.35 bits per heavy atom. The molecule has 1 unspecified atom stereocenters. The second kappa shape index (κ2) is 4.24. The Morgan fingerprint density at radius 1 is 1.41 bits per heavy atom. The van der Waals surface area contributed by atoms with Crippen LogP contribution in [0, 0.1) is 6.92 Å². The van der Waals surface area contributed by atoms with Crippen molar-refractivity contribution in [2.75, 3.05) is 5.32 Å². The monoisotopic (exact) mass is 228 g/mol. The standard InChI is InChI=1S/C14H16N2O/c1-10-12(5-3-8-15-10)16-13-4-2-6-14-11(13)7-9-17-14/h3,5,7-9,13,16H,2,4,6H2,1H3. The van der Waals surface area contributed by atoms with E-state index in [1.165, 1.54) is 12.0 Å². The Labute approximate surface area is 101 Å². The summed E-state index contributed by atoms with van der Waals surface area (Å²) in [6, 6.07) is 6.49. The lowest BCUT2D eigenvalue weighted by Gasteiger charge is -2.24. The van der Waals surface area contributed by atoms with Gasteiger partial charge in [0, 0.05) is 18.2 Å². The number of pyridine rings is 1. The van der Waals surface area contributed by atoms with E-state index in [-0.39, 0.29) is 0 Å². The van der Waals surface area contributed by atoms with Gasteiger partial charge in [0.25, 0.3) is 0 Å². The number of fused-ring (bicyclic) bond motifs is 1. The van der Waals surface area contributed by atoms with Crippen LogP contribution >= 0.6 is 0 Å². The number of rotatable bonds is 2. The molecule has 0 fully saturated rings. The van der Waals surface area contributed by atoms with Crippen LogP contribution in [0.2, 0.25) is 0 Å². The molecule has 1 aliphatic carbocycles. The van der Waals surface area contributed by atoms with Crippen molar-refractivity contribution >= 4 is 5.69 Å². The lowest BCUT2D eigenvalue weighted by molar-refractivity contribution is 0.461. The van der Waals surface area contributed by atoms with Crippen LogP contribution in [0.1, 0.15) is 35.9 Å². The van der Waals surface area contributed by atoms with Crippen molar-refractivity contribution in [1.82, 2.24) is 4.98 Å². The van der Waals surface area contributed by atoms with Crippen LogP contribution in [0.3, 0.4) is 0 Å². The van der Waals surface area contributed by atoms with Crippen LogP contribution in [-0.4, -0.2) is 4.98 Å². The first-order valence-corrected chi connectivity index (χ1v) is 6.09. The molecule has 0 aliphatic heterocycles. The molecule has 1 atom stereocenters. The van der Waals surface area contributed by atoms with Gasteiger partial charge >= 0.3 is 0 Å². The summed E-state index contributed by atoms with van der Waals surface area (Å²) in [4.78, 5) is 4.30. The molecule has 3 rings (SSSR count). The summed E-state index contributed by atoms with van der Waals surface area (Å²) in [6.45, 7) is 2.03. The molecule has 0 saturated heterocycles. The van der Waals surface area contributed by atoms with Gasteiger partial charge in [-0.2, -0.15) is 0 Å². The first-order chi connectivity index (χ1) is 8.34. The Morgan fingerprint density at radius 3 is 3.24 bits per heavy atom. The third kappa shape index (κ3) is 1.93. The fourth-order valence-corrected chi connectivity index (χ4v) is 2.46. The van der Waals surface area contributed by atoms with Gasteiger partial charge in [-0.3, -0.25) is 4.98 Å². The number of hydrogen-bond donors (Lipinski definition) is 1. The zero-order valence-corrected chi connectivity index (χ0v) is 9.94. The van der Waals surface area contributed by atoms with Crippen molar-refractivity contribution in [3.05, 3.63) is 47.7 Å². The van der Waals surface area contributed by atoms with Gasteiger partial charge in [0.2, 0.25) is 0 Å². The van der Waals surface area contributed by atoms with E-state index < -0.39 is 0 Å². The van der Waals surface area contributed by atoms with Gasteiger partial charge in [0.05, 0.1) is 23.7 Å². The molecule has 3 heteroatoms. The van der Waals surface area contributed by atoms with Gasteiger partial charge < -0.3 is 9.73 Å². The summed E-state index contributed by atoms with van der Waals surface area (Å²) >= 11 is 0. The minimum atomic E-state index is 0.361. The zero-order chi connectivity index (χ0) is 11.7. The Kier molecular flexibility index (Phi) is 2.59. The van der Waals surface area contributed by atoms with E-state index in [1.807, 2.05) is 19.2 Å². The molecule has 17 heavy (non-hydrogen) atoms. The maximum Gasteiger partial charge on any atom is 0.109 e. The van der Waals surface area contributed by atoms with Crippen molar-refractivity contribution in [3.63, 3.8) is 0 Å². The normalized spacial score (nSPS) is 18.8. The van der Waals surface area contributed by atoms with Gasteiger partial charge in [-0.25, -0.2) is 0 Å². The molecule has 1 aliphatic rings. The number of hydrogen-bond acceptors (Lipinski definition) is 3. The average molecular weight is 228 g/mol. The fourth-order valence-electron chi connectivity index (χ4n) is 2.46. The summed E-state index contributed by atoms with van der Waals surface area (Å²) in [5.74, 6) is 1.13. The topological polar surface area (TPSA) is 38.1 Å². The van der Waals surface area contributed by atoms with Gasteiger partial charge in [0.15, 0.2) is 0 Å². The number of furan rings is 1. The Balaban J connectivity index is 1.86. The van der Waals surface area contributed by atoms with Crippen LogP contribution in [0.15, 0.2) is 35.1 Å². The molecule has 0 radical (unpaired) electrons. The lowest BCUT2D eigenvalue weighted by Crippen LogP contribution is -2.16. The zero-order valence-electron chi connectivity index (χ0n) is 9.94. The van der Waals surface area contributed by atoms with E-state index in [2.05, 4.69) is 22.4 Å². The molecule has 0 amide bonds. The van der Waals surface area contributed by atoms with Crippen LogP contribution in [-0.2, 0) is 6.42 Å². The first-order valence-electron chi connectivity index (χ1n) is 6.09. The summed E-state index contributed by atoms with van der Waals surface area (Å²) in [5.41, 5.74) is 3.47. The smallest absolute Gasteiger partial charge is 0.109 e. The molecule has 88 valence electrons. The molecule has 1 N–H and O–H groups in total. The molecule has 2 heterocycles. The van der Waals surface area contributed by atoms with E-state index in [0.717, 1.165) is 30.0 Å². The molecule has 3 nitrogen and oxygen atoms in total. The van der Waals surface area contributed by atoms with Crippen LogP contribution in [0.5, 0.6) is 0 Å². The van der Waals surface area contributed by atoms with Crippen molar-refractivity contribution < 1.29 is 4.42 Å². The van der Waals surface area contributed by atoms with Crippen molar-refractivity contribution in [2.45, 2.75) is 32.2 Å². The summed E-state index contributed by atoms with van der Waals surface area (Å²) in [5, 5.41) is 3.57. The highest BCUT2D eigenvalue weighted by Crippen LogP contribution is 2.33. The minimum Gasteiger partial charge on any atom is -0.469 e. The Bertz CT molecular complexity index is 518. The number of anilines is 1. The third-order valence-electron chi connectivity index (χ3n) is 3.39. The summed E-state index contributed by atoms with van der Waals surface area (Å²) < 4.78 is 5.50. The van der Waals surface area contributed by atoms with Gasteiger partial charge in [-0.05, 0) is 38.0 Å². The molecular formula is C14H16N2O. The Hall–Kier alpha value is -1.77. The quantitative estimate of drug-likeness (QED) is 0.855. The highest BCUT2D eigenvalue weighted by atomic mass is 16.3. The molecule has 0 saturated carbocycles. The number of aromatic nitrogens is 1. The number of nitrogens with one attached hydrogen (secondary N) is 1. The molecule has 2 aromatic rings. The van der Waals surface area contributed by atoms with Crippen molar-refractivity contribution in [1.29, 1.82) is 0 Å². The van der Waals surface area contributed by atoms with E-state index in [0.29, 0.717) is 6.04 Å². The second-order valence-corrected chi connectivity index (χ2v) is 4.52. The predicted octanol–water partition coefficient (Wildman–Crippen LogP) is 3.47. The molecule has 0 aromatic carbocycles. The molecule has 2 aromatic heterocycles. The molecule has 0 bridgehead atoms. The number of nitrogens with zero attached hydrogens (tertiary/aromatic N) is 1.